The Hall–Kier alpha value is -3.62. The second-order valence-electron chi connectivity index (χ2n) is 5.87. The molecule has 0 atom stereocenters. The van der Waals surface area contributed by atoms with Gasteiger partial charge in [0.05, 0.1) is 11.1 Å². The van der Waals surface area contributed by atoms with Gasteiger partial charge in [-0.15, -0.1) is 5.10 Å². The fraction of sp³-hybridized carbons (Fsp3) is 0.176. The summed E-state index contributed by atoms with van der Waals surface area (Å²) in [6.45, 7) is 3.68. The second-order valence-corrected chi connectivity index (χ2v) is 5.87. The van der Waals surface area contributed by atoms with Crippen LogP contribution in [-0.4, -0.2) is 42.4 Å². The van der Waals surface area contributed by atoms with Crippen LogP contribution < -0.4 is 0 Å². The lowest BCUT2D eigenvalue weighted by Crippen LogP contribution is -2.33. The fourth-order valence-corrected chi connectivity index (χ4v) is 2.80. The second kappa shape index (κ2) is 5.73. The van der Waals surface area contributed by atoms with E-state index in [4.69, 9.17) is 4.84 Å². The zero-order valence-corrected chi connectivity index (χ0v) is 14.0. The number of rotatable bonds is 3. The molecule has 0 aliphatic carbocycles. The van der Waals surface area contributed by atoms with Gasteiger partial charge in [0, 0.05) is 11.4 Å². The number of benzene rings is 1. The summed E-state index contributed by atoms with van der Waals surface area (Å²) >= 11 is 0. The van der Waals surface area contributed by atoms with Crippen molar-refractivity contribution in [3.05, 3.63) is 58.7 Å². The molecule has 0 bridgehead atoms. The van der Waals surface area contributed by atoms with Crippen LogP contribution in [0, 0.1) is 13.8 Å². The Morgan fingerprint density at radius 2 is 1.73 bits per heavy atom. The molecule has 0 fully saturated rings. The molecule has 0 unspecified atom stereocenters. The van der Waals surface area contributed by atoms with Crippen molar-refractivity contribution in [3.63, 3.8) is 0 Å². The Kier molecular flexibility index (Phi) is 3.50. The van der Waals surface area contributed by atoms with Crippen LogP contribution in [0.3, 0.4) is 0 Å². The van der Waals surface area contributed by atoms with E-state index < -0.39 is 17.8 Å². The highest BCUT2D eigenvalue weighted by Gasteiger charge is 2.38. The highest BCUT2D eigenvalue weighted by Crippen LogP contribution is 2.22. The molecule has 26 heavy (non-hydrogen) atoms. The van der Waals surface area contributed by atoms with Crippen molar-refractivity contribution >= 4 is 23.6 Å². The SMILES string of the molecule is Cc1cc(C)n2nc(CC(=O)ON3C(=O)c4ccccc4C3=O)nc2n1. The molecule has 0 saturated carbocycles. The van der Waals surface area contributed by atoms with Crippen molar-refractivity contribution in [1.29, 1.82) is 0 Å². The van der Waals surface area contributed by atoms with Gasteiger partial charge in [0.2, 0.25) is 0 Å². The Bertz CT molecular complexity index is 1050. The van der Waals surface area contributed by atoms with E-state index in [1.54, 1.807) is 12.1 Å². The van der Waals surface area contributed by atoms with E-state index in [-0.39, 0.29) is 23.4 Å². The maximum absolute atomic E-state index is 12.2. The first kappa shape index (κ1) is 15.9. The third kappa shape index (κ3) is 2.50. The standard InChI is InChI=1S/C17H13N5O4/c1-9-7-10(2)21-17(18-9)19-13(20-21)8-14(23)26-22-15(24)11-5-3-4-6-12(11)16(22)25/h3-7H,8H2,1-2H3. The Morgan fingerprint density at radius 3 is 2.38 bits per heavy atom. The molecule has 9 nitrogen and oxygen atoms in total. The largest absolute Gasteiger partial charge is 0.340 e. The molecule has 0 spiro atoms. The third-order valence-corrected chi connectivity index (χ3v) is 3.91. The quantitative estimate of drug-likeness (QED) is 0.649. The molecule has 0 saturated heterocycles. The first-order valence-electron chi connectivity index (χ1n) is 7.82. The minimum absolute atomic E-state index is 0.188. The predicted molar refractivity (Wildman–Crippen MR) is 87.0 cm³/mol. The first-order valence-corrected chi connectivity index (χ1v) is 7.82. The zero-order valence-electron chi connectivity index (χ0n) is 14.0. The van der Waals surface area contributed by atoms with Gasteiger partial charge in [-0.05, 0) is 32.0 Å². The maximum Gasteiger partial charge on any atom is 0.340 e. The minimum atomic E-state index is -0.815. The number of aryl methyl sites for hydroxylation is 2. The molecule has 1 aliphatic heterocycles. The van der Waals surface area contributed by atoms with Crippen LogP contribution in [-0.2, 0) is 16.1 Å². The van der Waals surface area contributed by atoms with Crippen molar-refractivity contribution in [1.82, 2.24) is 24.6 Å². The van der Waals surface area contributed by atoms with Crippen LogP contribution in [0.2, 0.25) is 0 Å². The number of amides is 2. The summed E-state index contributed by atoms with van der Waals surface area (Å²) in [7, 11) is 0. The van der Waals surface area contributed by atoms with Gasteiger partial charge in [0.25, 0.3) is 17.6 Å². The maximum atomic E-state index is 12.2. The van der Waals surface area contributed by atoms with Crippen molar-refractivity contribution in [2.45, 2.75) is 20.3 Å². The van der Waals surface area contributed by atoms with Crippen molar-refractivity contribution in [2.75, 3.05) is 0 Å². The third-order valence-electron chi connectivity index (χ3n) is 3.91. The summed E-state index contributed by atoms with van der Waals surface area (Å²) in [5.41, 5.74) is 2.00. The van der Waals surface area contributed by atoms with Crippen LogP contribution in [0.1, 0.15) is 37.9 Å². The van der Waals surface area contributed by atoms with Gasteiger partial charge >= 0.3 is 5.97 Å². The molecule has 2 amide bonds. The molecule has 9 heteroatoms. The number of carbonyl (C=O) groups excluding carboxylic acids is 3. The molecule has 3 aromatic rings. The van der Waals surface area contributed by atoms with E-state index in [1.807, 2.05) is 19.9 Å². The van der Waals surface area contributed by atoms with Gasteiger partial charge in [-0.25, -0.2) is 14.3 Å². The van der Waals surface area contributed by atoms with E-state index in [0.717, 1.165) is 11.4 Å². The number of nitrogens with zero attached hydrogens (tertiary/aromatic N) is 5. The van der Waals surface area contributed by atoms with Crippen molar-refractivity contribution < 1.29 is 19.2 Å². The average Bonchev–Trinajstić information content (AvgIpc) is 3.10. The van der Waals surface area contributed by atoms with Crippen LogP contribution in [0.25, 0.3) is 5.78 Å². The molecule has 1 aromatic carbocycles. The number of hydrogen-bond donors (Lipinski definition) is 0. The smallest absolute Gasteiger partial charge is 0.329 e. The minimum Gasteiger partial charge on any atom is -0.329 e. The summed E-state index contributed by atoms with van der Waals surface area (Å²) in [4.78, 5) is 49.9. The lowest BCUT2D eigenvalue weighted by molar-refractivity contribution is -0.167. The fourth-order valence-electron chi connectivity index (χ4n) is 2.80. The van der Waals surface area contributed by atoms with E-state index in [1.165, 1.54) is 16.6 Å². The average molecular weight is 351 g/mol. The van der Waals surface area contributed by atoms with Gasteiger partial charge in [0.1, 0.15) is 6.42 Å². The predicted octanol–water partition coefficient (Wildman–Crippen LogP) is 1.04. The Balaban J connectivity index is 1.52. The summed E-state index contributed by atoms with van der Waals surface area (Å²) in [5.74, 6) is -1.60. The molecular formula is C17H13N5O4. The molecule has 2 aromatic heterocycles. The number of carbonyl (C=O) groups is 3. The van der Waals surface area contributed by atoms with Gasteiger partial charge < -0.3 is 4.84 Å². The van der Waals surface area contributed by atoms with E-state index >= 15 is 0 Å². The number of fused-ring (bicyclic) bond motifs is 2. The van der Waals surface area contributed by atoms with E-state index in [2.05, 4.69) is 15.1 Å². The zero-order chi connectivity index (χ0) is 18.4. The van der Waals surface area contributed by atoms with Crippen LogP contribution in [0.4, 0.5) is 0 Å². The van der Waals surface area contributed by atoms with Crippen molar-refractivity contribution in [3.8, 4) is 0 Å². The summed E-state index contributed by atoms with van der Waals surface area (Å²) < 4.78 is 1.51. The van der Waals surface area contributed by atoms with Crippen LogP contribution in [0.5, 0.6) is 0 Å². The van der Waals surface area contributed by atoms with Crippen molar-refractivity contribution in [2.24, 2.45) is 0 Å². The van der Waals surface area contributed by atoms with Gasteiger partial charge in [0.15, 0.2) is 5.82 Å². The summed E-state index contributed by atoms with van der Waals surface area (Å²) in [5, 5.41) is 4.67. The first-order chi connectivity index (χ1) is 12.4. The summed E-state index contributed by atoms with van der Waals surface area (Å²) in [6.07, 6.45) is -0.296. The van der Waals surface area contributed by atoms with E-state index in [0.29, 0.717) is 10.8 Å². The van der Waals surface area contributed by atoms with Gasteiger partial charge in [-0.1, -0.05) is 17.2 Å². The van der Waals surface area contributed by atoms with Crippen LogP contribution >= 0.6 is 0 Å². The Morgan fingerprint density at radius 1 is 1.08 bits per heavy atom. The molecule has 3 heterocycles. The molecule has 1 aliphatic rings. The normalized spacial score (nSPS) is 13.4. The Labute approximate surface area is 147 Å². The monoisotopic (exact) mass is 351 g/mol. The molecule has 0 radical (unpaired) electrons. The van der Waals surface area contributed by atoms with E-state index in [9.17, 15) is 14.4 Å². The highest BCUT2D eigenvalue weighted by molar-refractivity contribution is 6.20. The van der Waals surface area contributed by atoms with Gasteiger partial charge in [-0.3, -0.25) is 9.59 Å². The van der Waals surface area contributed by atoms with Crippen LogP contribution in [0.15, 0.2) is 30.3 Å². The molecular weight excluding hydrogens is 338 g/mol. The topological polar surface area (TPSA) is 107 Å². The molecule has 0 N–H and O–H groups in total. The van der Waals surface area contributed by atoms with Gasteiger partial charge in [-0.2, -0.15) is 4.98 Å². The lowest BCUT2D eigenvalue weighted by atomic mass is 10.1. The number of hydrogen-bond acceptors (Lipinski definition) is 7. The molecule has 4 rings (SSSR count). The number of hydroxylamine groups is 2. The number of imide groups is 1. The number of aromatic nitrogens is 4. The summed E-state index contributed by atoms with van der Waals surface area (Å²) in [6, 6.07) is 8.11. The lowest BCUT2D eigenvalue weighted by Gasteiger charge is -2.11. The molecule has 130 valence electrons. The highest BCUT2D eigenvalue weighted by atomic mass is 16.7.